The zero-order valence-electron chi connectivity index (χ0n) is 14.0. The molecule has 0 bridgehead atoms. The van der Waals surface area contributed by atoms with E-state index in [9.17, 15) is 4.39 Å². The molecule has 1 aliphatic heterocycles. The van der Waals surface area contributed by atoms with Crippen molar-refractivity contribution >= 4 is 0 Å². The number of benzene rings is 1. The van der Waals surface area contributed by atoms with Gasteiger partial charge in [-0.3, -0.25) is 9.88 Å². The Labute approximate surface area is 146 Å². The number of halogens is 1. The lowest BCUT2D eigenvalue weighted by molar-refractivity contribution is 0.231. The Balaban J connectivity index is 1.75. The molecule has 0 aliphatic carbocycles. The van der Waals surface area contributed by atoms with Crippen LogP contribution in [0.4, 0.5) is 4.39 Å². The molecular weight excluding hydrogens is 315 g/mol. The van der Waals surface area contributed by atoms with Crippen molar-refractivity contribution < 1.29 is 4.39 Å². The van der Waals surface area contributed by atoms with Crippen LogP contribution < -0.4 is 5.32 Å². The van der Waals surface area contributed by atoms with Gasteiger partial charge in [-0.1, -0.05) is 12.1 Å². The average molecular weight is 336 g/mol. The number of pyridine rings is 1. The normalized spacial score (nSPS) is 15.4. The number of nitrogens with one attached hydrogen (secondary N) is 2. The molecule has 0 saturated carbocycles. The smallest absolute Gasteiger partial charge is 0.123 e. The van der Waals surface area contributed by atoms with Crippen molar-refractivity contribution in [2.24, 2.45) is 0 Å². The number of H-pyrrole nitrogens is 1. The van der Waals surface area contributed by atoms with Gasteiger partial charge in [-0.25, -0.2) is 4.39 Å². The van der Waals surface area contributed by atoms with Crippen LogP contribution in [-0.4, -0.2) is 41.0 Å². The first-order valence-corrected chi connectivity index (χ1v) is 8.61. The Morgan fingerprint density at radius 2 is 1.68 bits per heavy atom. The second-order valence-corrected chi connectivity index (χ2v) is 6.32. The van der Waals surface area contributed by atoms with Gasteiger partial charge in [-0.05, 0) is 35.4 Å². The molecule has 128 valence electrons. The molecule has 0 radical (unpaired) electrons. The molecule has 0 unspecified atom stereocenters. The molecule has 1 aromatic carbocycles. The fourth-order valence-corrected chi connectivity index (χ4v) is 3.39. The highest BCUT2D eigenvalue weighted by Crippen LogP contribution is 2.35. The van der Waals surface area contributed by atoms with E-state index >= 15 is 0 Å². The van der Waals surface area contributed by atoms with Crippen molar-refractivity contribution in [3.05, 3.63) is 66.5 Å². The first kappa shape index (κ1) is 16.0. The van der Waals surface area contributed by atoms with Crippen LogP contribution in [0.1, 0.15) is 5.69 Å². The van der Waals surface area contributed by atoms with Gasteiger partial charge < -0.3 is 10.3 Å². The topological polar surface area (TPSA) is 44.0 Å². The maximum atomic E-state index is 13.3. The standard InChI is InChI=1S/C20H21FN4/c21-17-3-1-15(2-4-17)18-13-24-19(14-25-11-9-23-10-12-25)20(18)16-5-7-22-8-6-16/h1-8,13,23-24H,9-12,14H2. The van der Waals surface area contributed by atoms with Gasteiger partial charge in [0.2, 0.25) is 0 Å². The number of hydrogen-bond acceptors (Lipinski definition) is 3. The third-order valence-corrected chi connectivity index (χ3v) is 4.68. The van der Waals surface area contributed by atoms with E-state index in [2.05, 4.69) is 20.2 Å². The molecule has 4 rings (SSSR count). The summed E-state index contributed by atoms with van der Waals surface area (Å²) in [5, 5.41) is 3.39. The Hall–Kier alpha value is -2.50. The van der Waals surface area contributed by atoms with Crippen LogP contribution in [0, 0.1) is 5.82 Å². The summed E-state index contributed by atoms with van der Waals surface area (Å²) < 4.78 is 13.3. The Morgan fingerprint density at radius 3 is 2.40 bits per heavy atom. The number of nitrogens with zero attached hydrogens (tertiary/aromatic N) is 2. The molecule has 3 heterocycles. The molecular formula is C20H21FN4. The van der Waals surface area contributed by atoms with Gasteiger partial charge in [0, 0.05) is 68.1 Å². The lowest BCUT2D eigenvalue weighted by Crippen LogP contribution is -2.43. The van der Waals surface area contributed by atoms with E-state index in [1.54, 1.807) is 0 Å². The minimum atomic E-state index is -0.217. The summed E-state index contributed by atoms with van der Waals surface area (Å²) in [4.78, 5) is 10.0. The van der Waals surface area contributed by atoms with Crippen LogP contribution in [0.15, 0.2) is 55.0 Å². The van der Waals surface area contributed by atoms with Crippen molar-refractivity contribution in [3.8, 4) is 22.3 Å². The fourth-order valence-electron chi connectivity index (χ4n) is 3.39. The molecule has 4 nitrogen and oxygen atoms in total. The molecule has 0 spiro atoms. The van der Waals surface area contributed by atoms with Gasteiger partial charge in [0.25, 0.3) is 0 Å². The largest absolute Gasteiger partial charge is 0.363 e. The van der Waals surface area contributed by atoms with Crippen molar-refractivity contribution in [3.63, 3.8) is 0 Å². The highest BCUT2D eigenvalue weighted by Gasteiger charge is 2.18. The van der Waals surface area contributed by atoms with E-state index in [-0.39, 0.29) is 5.82 Å². The van der Waals surface area contributed by atoms with E-state index in [4.69, 9.17) is 0 Å². The second kappa shape index (κ2) is 7.17. The summed E-state index contributed by atoms with van der Waals surface area (Å²) in [5.41, 5.74) is 5.59. The predicted octanol–water partition coefficient (Wildman–Crippen LogP) is 3.29. The van der Waals surface area contributed by atoms with Crippen LogP contribution in [-0.2, 0) is 6.54 Å². The van der Waals surface area contributed by atoms with E-state index in [0.29, 0.717) is 0 Å². The van der Waals surface area contributed by atoms with Gasteiger partial charge in [0.05, 0.1) is 0 Å². The summed E-state index contributed by atoms with van der Waals surface area (Å²) in [6.45, 7) is 5.01. The van der Waals surface area contributed by atoms with Gasteiger partial charge >= 0.3 is 0 Å². The van der Waals surface area contributed by atoms with Crippen molar-refractivity contribution in [2.45, 2.75) is 6.54 Å². The Kier molecular flexibility index (Phi) is 4.59. The SMILES string of the molecule is Fc1ccc(-c2c[nH]c(CN3CCNCC3)c2-c2ccncc2)cc1. The molecule has 3 aromatic rings. The lowest BCUT2D eigenvalue weighted by Gasteiger charge is -2.27. The molecule has 2 N–H and O–H groups in total. The quantitative estimate of drug-likeness (QED) is 0.768. The lowest BCUT2D eigenvalue weighted by atomic mass is 9.97. The molecule has 1 fully saturated rings. The van der Waals surface area contributed by atoms with Crippen LogP contribution in [0.5, 0.6) is 0 Å². The zero-order chi connectivity index (χ0) is 17.1. The van der Waals surface area contributed by atoms with Crippen molar-refractivity contribution in [1.29, 1.82) is 0 Å². The number of rotatable bonds is 4. The van der Waals surface area contributed by atoms with Crippen molar-refractivity contribution in [2.75, 3.05) is 26.2 Å². The summed E-state index contributed by atoms with van der Waals surface area (Å²) in [5.74, 6) is -0.217. The van der Waals surface area contributed by atoms with Crippen LogP contribution >= 0.6 is 0 Å². The van der Waals surface area contributed by atoms with E-state index < -0.39 is 0 Å². The second-order valence-electron chi connectivity index (χ2n) is 6.32. The maximum Gasteiger partial charge on any atom is 0.123 e. The van der Waals surface area contributed by atoms with E-state index in [0.717, 1.165) is 49.4 Å². The van der Waals surface area contributed by atoms with Crippen molar-refractivity contribution in [1.82, 2.24) is 20.2 Å². The van der Waals surface area contributed by atoms with Gasteiger partial charge in [0.15, 0.2) is 0 Å². The third kappa shape index (κ3) is 3.48. The monoisotopic (exact) mass is 336 g/mol. The number of hydrogen-bond donors (Lipinski definition) is 2. The molecule has 5 heteroatoms. The van der Waals surface area contributed by atoms with Gasteiger partial charge in [-0.15, -0.1) is 0 Å². The molecule has 1 saturated heterocycles. The maximum absolute atomic E-state index is 13.3. The first-order valence-electron chi connectivity index (χ1n) is 8.61. The third-order valence-electron chi connectivity index (χ3n) is 4.68. The van der Waals surface area contributed by atoms with Crippen LogP contribution in [0.3, 0.4) is 0 Å². The molecule has 1 aliphatic rings. The summed E-state index contributed by atoms with van der Waals surface area (Å²) >= 11 is 0. The first-order chi connectivity index (χ1) is 12.3. The van der Waals surface area contributed by atoms with Crippen LogP contribution in [0.2, 0.25) is 0 Å². The molecule has 0 amide bonds. The number of aromatic amines is 1. The molecule has 25 heavy (non-hydrogen) atoms. The predicted molar refractivity (Wildman–Crippen MR) is 97.6 cm³/mol. The Morgan fingerprint density at radius 1 is 0.960 bits per heavy atom. The highest BCUT2D eigenvalue weighted by atomic mass is 19.1. The van der Waals surface area contributed by atoms with Gasteiger partial charge in [0.1, 0.15) is 5.82 Å². The minimum Gasteiger partial charge on any atom is -0.363 e. The van der Waals surface area contributed by atoms with E-state index in [1.807, 2.05) is 42.9 Å². The minimum absolute atomic E-state index is 0.217. The fraction of sp³-hybridized carbons (Fsp3) is 0.250. The average Bonchev–Trinajstić information content (AvgIpc) is 3.07. The summed E-state index contributed by atoms with van der Waals surface area (Å²) in [6.07, 6.45) is 5.65. The highest BCUT2D eigenvalue weighted by molar-refractivity contribution is 5.85. The molecule has 2 aromatic heterocycles. The number of aromatic nitrogens is 2. The zero-order valence-corrected chi connectivity index (χ0v) is 14.0. The summed E-state index contributed by atoms with van der Waals surface area (Å²) in [7, 11) is 0. The number of piperazine rings is 1. The molecule has 0 atom stereocenters. The van der Waals surface area contributed by atoms with Gasteiger partial charge in [-0.2, -0.15) is 0 Å². The van der Waals surface area contributed by atoms with Crippen LogP contribution in [0.25, 0.3) is 22.3 Å². The van der Waals surface area contributed by atoms with E-state index in [1.165, 1.54) is 23.4 Å². The summed E-state index contributed by atoms with van der Waals surface area (Å²) in [6, 6.07) is 10.7. The Bertz CT molecular complexity index is 821.